The number of ether oxygens (including phenoxy) is 1. The predicted octanol–water partition coefficient (Wildman–Crippen LogP) is 2.38. The molecule has 2 atom stereocenters. The van der Waals surface area contributed by atoms with Crippen molar-refractivity contribution < 1.29 is 9.84 Å². The lowest BCUT2D eigenvalue weighted by Crippen LogP contribution is -2.37. The molecule has 1 aliphatic rings. The molecule has 1 fully saturated rings. The smallest absolute Gasteiger partial charge is 0.137 e. The Bertz CT molecular complexity index is 614. The average Bonchev–Trinajstić information content (AvgIpc) is 3.02. The molecule has 1 saturated heterocycles. The first-order valence-electron chi connectivity index (χ1n) is 8.74. The van der Waals surface area contributed by atoms with Crippen LogP contribution >= 0.6 is 0 Å². The summed E-state index contributed by atoms with van der Waals surface area (Å²) in [5.74, 6) is 1.40. The van der Waals surface area contributed by atoms with Crippen molar-refractivity contribution in [3.8, 4) is 0 Å². The Hall–Kier alpha value is -1.69. The minimum absolute atomic E-state index is 0.0377. The Labute approximate surface area is 143 Å². The Balaban J connectivity index is 1.70. The van der Waals surface area contributed by atoms with E-state index in [9.17, 15) is 5.11 Å². The van der Waals surface area contributed by atoms with E-state index in [1.165, 1.54) is 5.56 Å². The zero-order valence-electron chi connectivity index (χ0n) is 14.3. The second-order valence-corrected chi connectivity index (χ2v) is 6.53. The third-order valence-electron chi connectivity index (χ3n) is 4.72. The van der Waals surface area contributed by atoms with Crippen LogP contribution in [0.1, 0.15) is 30.3 Å². The van der Waals surface area contributed by atoms with Gasteiger partial charge < -0.3 is 14.4 Å². The van der Waals surface area contributed by atoms with Crippen molar-refractivity contribution in [3.05, 3.63) is 54.1 Å². The molecule has 0 unspecified atom stereocenters. The summed E-state index contributed by atoms with van der Waals surface area (Å²) in [6, 6.07) is 10.4. The minimum atomic E-state index is 0.0377. The van der Waals surface area contributed by atoms with Gasteiger partial charge in [0.2, 0.25) is 0 Å². The Morgan fingerprint density at radius 2 is 2.17 bits per heavy atom. The summed E-state index contributed by atoms with van der Waals surface area (Å²) in [5, 5.41) is 9.45. The first kappa shape index (κ1) is 17.1. The molecule has 5 heteroatoms. The molecule has 1 aromatic heterocycles. The maximum atomic E-state index is 9.45. The quantitative estimate of drug-likeness (QED) is 0.847. The Morgan fingerprint density at radius 1 is 1.33 bits per heavy atom. The Kier molecular flexibility index (Phi) is 6.01. The van der Waals surface area contributed by atoms with E-state index in [1.807, 2.05) is 25.5 Å². The second-order valence-electron chi connectivity index (χ2n) is 6.53. The van der Waals surface area contributed by atoms with Crippen molar-refractivity contribution in [2.45, 2.75) is 25.5 Å². The maximum absolute atomic E-state index is 9.45. The van der Waals surface area contributed by atoms with Gasteiger partial charge in [-0.25, -0.2) is 4.98 Å². The van der Waals surface area contributed by atoms with Gasteiger partial charge in [0.15, 0.2) is 0 Å². The lowest BCUT2D eigenvalue weighted by molar-refractivity contribution is -0.0468. The predicted molar refractivity (Wildman–Crippen MR) is 93.4 cm³/mol. The van der Waals surface area contributed by atoms with E-state index in [0.717, 1.165) is 38.4 Å². The fourth-order valence-corrected chi connectivity index (χ4v) is 3.52. The zero-order valence-corrected chi connectivity index (χ0v) is 14.3. The van der Waals surface area contributed by atoms with Crippen LogP contribution in [-0.2, 0) is 18.3 Å². The topological polar surface area (TPSA) is 50.5 Å². The molecule has 1 N–H and O–H groups in total. The molecule has 2 heterocycles. The summed E-state index contributed by atoms with van der Waals surface area (Å²) in [7, 11) is 2.02. The van der Waals surface area contributed by atoms with E-state index < -0.39 is 0 Å². The third kappa shape index (κ3) is 4.23. The number of aromatic nitrogens is 2. The molecule has 24 heavy (non-hydrogen) atoms. The highest BCUT2D eigenvalue weighted by Crippen LogP contribution is 2.33. The van der Waals surface area contributed by atoms with Gasteiger partial charge in [-0.15, -0.1) is 0 Å². The van der Waals surface area contributed by atoms with E-state index in [2.05, 4.69) is 38.7 Å². The number of aliphatic hydroxyl groups excluding tert-OH is 1. The molecule has 130 valence electrons. The van der Waals surface area contributed by atoms with Gasteiger partial charge in [-0.2, -0.15) is 0 Å². The van der Waals surface area contributed by atoms with Crippen LogP contribution in [0.4, 0.5) is 0 Å². The summed E-state index contributed by atoms with van der Waals surface area (Å²) < 4.78 is 8.12. The van der Waals surface area contributed by atoms with Crippen molar-refractivity contribution >= 4 is 0 Å². The van der Waals surface area contributed by atoms with Crippen LogP contribution in [0.15, 0.2) is 42.7 Å². The first-order valence-corrected chi connectivity index (χ1v) is 8.74. The van der Waals surface area contributed by atoms with Crippen molar-refractivity contribution in [2.24, 2.45) is 13.0 Å². The number of rotatable bonds is 7. The molecule has 3 rings (SSSR count). The molecular formula is C19H27N3O2. The molecule has 0 spiro atoms. The number of hydrogen-bond donors (Lipinski definition) is 1. The second kappa shape index (κ2) is 8.42. The number of hydrogen-bond acceptors (Lipinski definition) is 4. The van der Waals surface area contributed by atoms with Crippen LogP contribution in [0, 0.1) is 5.92 Å². The first-order chi connectivity index (χ1) is 11.8. The average molecular weight is 329 g/mol. The summed E-state index contributed by atoms with van der Waals surface area (Å²) in [6.07, 6.45) is 6.06. The fourth-order valence-electron chi connectivity index (χ4n) is 3.52. The minimum Gasteiger partial charge on any atom is -0.395 e. The number of imidazole rings is 1. The van der Waals surface area contributed by atoms with Gasteiger partial charge >= 0.3 is 0 Å². The molecule has 2 aromatic rings. The molecule has 5 nitrogen and oxygen atoms in total. The monoisotopic (exact) mass is 329 g/mol. The van der Waals surface area contributed by atoms with Crippen LogP contribution in [0.3, 0.4) is 0 Å². The number of benzene rings is 1. The molecular weight excluding hydrogens is 302 g/mol. The van der Waals surface area contributed by atoms with Gasteiger partial charge in [0.25, 0.3) is 0 Å². The highest BCUT2D eigenvalue weighted by atomic mass is 16.5. The highest BCUT2D eigenvalue weighted by molar-refractivity contribution is 5.14. The van der Waals surface area contributed by atoms with Crippen molar-refractivity contribution in [2.75, 3.05) is 26.3 Å². The normalized spacial score (nSPS) is 21.3. The Morgan fingerprint density at radius 3 is 2.88 bits per heavy atom. The van der Waals surface area contributed by atoms with Crippen LogP contribution in [0.25, 0.3) is 0 Å². The molecule has 0 amide bonds. The molecule has 0 aliphatic carbocycles. The summed E-state index contributed by atoms with van der Waals surface area (Å²) in [6.45, 7) is 3.41. The molecule has 1 aliphatic heterocycles. The van der Waals surface area contributed by atoms with Gasteiger partial charge in [0.05, 0.1) is 6.61 Å². The van der Waals surface area contributed by atoms with Gasteiger partial charge in [-0.05, 0) is 18.4 Å². The van der Waals surface area contributed by atoms with E-state index in [1.54, 1.807) is 0 Å². The van der Waals surface area contributed by atoms with Gasteiger partial charge in [-0.1, -0.05) is 30.3 Å². The van der Waals surface area contributed by atoms with E-state index in [-0.39, 0.29) is 12.7 Å². The highest BCUT2D eigenvalue weighted by Gasteiger charge is 2.31. The standard InChI is InChI=1S/C19H27N3O2/c1-21-10-9-20-19(21)18-17(8-5-13-24-18)15-22(11-12-23)14-16-6-3-2-4-7-16/h2-4,6-7,9-10,17-18,23H,5,8,11-15H2,1H3/t17-,18+/m0/s1. The van der Waals surface area contributed by atoms with Crippen molar-refractivity contribution in [1.29, 1.82) is 0 Å². The molecule has 0 saturated carbocycles. The van der Waals surface area contributed by atoms with E-state index in [0.29, 0.717) is 12.5 Å². The van der Waals surface area contributed by atoms with Gasteiger partial charge in [0, 0.05) is 51.6 Å². The number of aryl methyl sites for hydroxylation is 1. The van der Waals surface area contributed by atoms with Crippen molar-refractivity contribution in [3.63, 3.8) is 0 Å². The fraction of sp³-hybridized carbons (Fsp3) is 0.526. The van der Waals surface area contributed by atoms with Crippen LogP contribution in [0.2, 0.25) is 0 Å². The third-order valence-corrected chi connectivity index (χ3v) is 4.72. The largest absolute Gasteiger partial charge is 0.395 e. The van der Waals surface area contributed by atoms with E-state index >= 15 is 0 Å². The van der Waals surface area contributed by atoms with Crippen LogP contribution < -0.4 is 0 Å². The van der Waals surface area contributed by atoms with Gasteiger partial charge in [-0.3, -0.25) is 4.90 Å². The van der Waals surface area contributed by atoms with E-state index in [4.69, 9.17) is 4.74 Å². The lowest BCUT2D eigenvalue weighted by atomic mass is 9.92. The zero-order chi connectivity index (χ0) is 16.8. The van der Waals surface area contributed by atoms with Crippen molar-refractivity contribution in [1.82, 2.24) is 14.5 Å². The lowest BCUT2D eigenvalue weighted by Gasteiger charge is -2.35. The van der Waals surface area contributed by atoms with Crippen LogP contribution in [0.5, 0.6) is 0 Å². The summed E-state index contributed by atoms with van der Waals surface area (Å²) >= 11 is 0. The molecule has 0 bridgehead atoms. The summed E-state index contributed by atoms with van der Waals surface area (Å²) in [4.78, 5) is 6.82. The van der Waals surface area contributed by atoms with Crippen LogP contribution in [-0.4, -0.2) is 45.9 Å². The summed E-state index contributed by atoms with van der Waals surface area (Å²) in [5.41, 5.74) is 1.27. The maximum Gasteiger partial charge on any atom is 0.137 e. The van der Waals surface area contributed by atoms with Gasteiger partial charge in [0.1, 0.15) is 11.9 Å². The molecule has 1 aromatic carbocycles. The number of nitrogens with zero attached hydrogens (tertiary/aromatic N) is 3. The number of aliphatic hydroxyl groups is 1. The molecule has 0 radical (unpaired) electrons. The SMILES string of the molecule is Cn1ccnc1[C@@H]1OCCC[C@H]1CN(CCO)Cc1ccccc1.